The van der Waals surface area contributed by atoms with E-state index in [1.165, 1.54) is 6.42 Å². The lowest BCUT2D eigenvalue weighted by Crippen LogP contribution is -2.22. The van der Waals surface area contributed by atoms with Crippen LogP contribution in [0.1, 0.15) is 32.1 Å². The van der Waals surface area contributed by atoms with E-state index in [2.05, 4.69) is 10.2 Å². The lowest BCUT2D eigenvalue weighted by molar-refractivity contribution is -0.140. The van der Waals surface area contributed by atoms with Crippen LogP contribution in [0.4, 0.5) is 5.13 Å². The molecular weight excluding hydrogens is 214 g/mol. The second-order valence-electron chi connectivity index (χ2n) is 3.66. The van der Waals surface area contributed by atoms with Crippen molar-refractivity contribution in [2.45, 2.75) is 32.1 Å². The number of anilines is 1. The average Bonchev–Trinajstić information content (AvgIpc) is 2.65. The molecule has 15 heavy (non-hydrogen) atoms. The van der Waals surface area contributed by atoms with Crippen LogP contribution in [0.5, 0.6) is 5.19 Å². The molecule has 1 aliphatic rings. The standard InChI is InChI=1S/C9H13N3O2S/c10-8-11-12-9(15-8)14-7(13)6-4-2-1-3-5-6/h6H,1-5H2,(H2,10,11). The van der Waals surface area contributed by atoms with Crippen molar-refractivity contribution < 1.29 is 9.53 Å². The van der Waals surface area contributed by atoms with Gasteiger partial charge in [-0.15, -0.1) is 5.10 Å². The number of hydrogen-bond donors (Lipinski definition) is 1. The second kappa shape index (κ2) is 4.57. The first-order valence-corrected chi connectivity index (χ1v) is 5.88. The number of aromatic nitrogens is 2. The van der Waals surface area contributed by atoms with Crippen molar-refractivity contribution in [2.24, 2.45) is 5.92 Å². The van der Waals surface area contributed by atoms with Gasteiger partial charge in [-0.05, 0) is 24.2 Å². The maximum Gasteiger partial charge on any atom is 0.316 e. The van der Waals surface area contributed by atoms with E-state index in [-0.39, 0.29) is 17.1 Å². The summed E-state index contributed by atoms with van der Waals surface area (Å²) >= 11 is 1.09. The van der Waals surface area contributed by atoms with Crippen molar-refractivity contribution in [1.29, 1.82) is 0 Å². The molecule has 1 aromatic heterocycles. The molecule has 0 amide bonds. The van der Waals surface area contributed by atoms with Gasteiger partial charge in [0.2, 0.25) is 5.13 Å². The van der Waals surface area contributed by atoms with E-state index in [9.17, 15) is 4.79 Å². The van der Waals surface area contributed by atoms with Gasteiger partial charge in [0.05, 0.1) is 5.92 Å². The van der Waals surface area contributed by atoms with E-state index in [0.717, 1.165) is 37.0 Å². The molecule has 1 saturated carbocycles. The summed E-state index contributed by atoms with van der Waals surface area (Å²) in [5, 5.41) is 7.81. The third-order valence-electron chi connectivity index (χ3n) is 2.55. The van der Waals surface area contributed by atoms with Crippen molar-refractivity contribution in [1.82, 2.24) is 10.2 Å². The van der Waals surface area contributed by atoms with Gasteiger partial charge >= 0.3 is 11.2 Å². The summed E-state index contributed by atoms with van der Waals surface area (Å²) < 4.78 is 5.10. The summed E-state index contributed by atoms with van der Waals surface area (Å²) in [6.07, 6.45) is 5.28. The monoisotopic (exact) mass is 227 g/mol. The van der Waals surface area contributed by atoms with Crippen molar-refractivity contribution >= 4 is 22.4 Å². The van der Waals surface area contributed by atoms with Gasteiger partial charge in [0, 0.05) is 0 Å². The highest BCUT2D eigenvalue weighted by molar-refractivity contribution is 7.16. The Morgan fingerprint density at radius 1 is 1.33 bits per heavy atom. The minimum atomic E-state index is -0.189. The van der Waals surface area contributed by atoms with E-state index in [1.54, 1.807) is 0 Å². The molecule has 0 aliphatic heterocycles. The average molecular weight is 227 g/mol. The first-order chi connectivity index (χ1) is 7.25. The Hall–Kier alpha value is -1.17. The number of carbonyl (C=O) groups is 1. The molecule has 5 nitrogen and oxygen atoms in total. The van der Waals surface area contributed by atoms with Gasteiger partial charge in [0.25, 0.3) is 0 Å². The number of carbonyl (C=O) groups excluding carboxylic acids is 1. The van der Waals surface area contributed by atoms with Crippen molar-refractivity contribution in [3.8, 4) is 5.19 Å². The predicted molar refractivity (Wildman–Crippen MR) is 56.5 cm³/mol. The van der Waals surface area contributed by atoms with E-state index in [4.69, 9.17) is 10.5 Å². The lowest BCUT2D eigenvalue weighted by Gasteiger charge is -2.18. The summed E-state index contributed by atoms with van der Waals surface area (Å²) in [6.45, 7) is 0. The quantitative estimate of drug-likeness (QED) is 0.776. The molecule has 0 radical (unpaired) electrons. The molecule has 1 heterocycles. The van der Waals surface area contributed by atoms with Crippen LogP contribution in [-0.2, 0) is 4.79 Å². The first-order valence-electron chi connectivity index (χ1n) is 5.06. The number of esters is 1. The molecule has 0 saturated heterocycles. The molecule has 2 N–H and O–H groups in total. The van der Waals surface area contributed by atoms with Crippen LogP contribution < -0.4 is 10.5 Å². The molecule has 1 fully saturated rings. The molecule has 0 spiro atoms. The molecule has 0 aromatic carbocycles. The van der Waals surface area contributed by atoms with Gasteiger partial charge in [-0.1, -0.05) is 24.4 Å². The number of nitrogens with two attached hydrogens (primary N) is 1. The number of ether oxygens (including phenoxy) is 1. The maximum atomic E-state index is 11.7. The molecule has 2 rings (SSSR count). The Balaban J connectivity index is 1.91. The van der Waals surface area contributed by atoms with Gasteiger partial charge in [-0.25, -0.2) is 0 Å². The Morgan fingerprint density at radius 3 is 2.67 bits per heavy atom. The molecule has 6 heteroatoms. The Kier molecular flexibility index (Phi) is 3.15. The largest absolute Gasteiger partial charge is 0.396 e. The van der Waals surface area contributed by atoms with Gasteiger partial charge in [0.15, 0.2) is 0 Å². The van der Waals surface area contributed by atoms with Crippen LogP contribution in [0.2, 0.25) is 0 Å². The zero-order valence-electron chi connectivity index (χ0n) is 8.31. The van der Waals surface area contributed by atoms with Crippen LogP contribution in [0, 0.1) is 5.92 Å². The molecule has 1 aliphatic carbocycles. The third-order valence-corrected chi connectivity index (χ3v) is 3.18. The number of rotatable bonds is 2. The third kappa shape index (κ3) is 2.65. The highest BCUT2D eigenvalue weighted by atomic mass is 32.1. The van der Waals surface area contributed by atoms with Crippen LogP contribution in [-0.4, -0.2) is 16.2 Å². The predicted octanol–water partition coefficient (Wildman–Crippen LogP) is 1.61. The van der Waals surface area contributed by atoms with Crippen molar-refractivity contribution in [3.63, 3.8) is 0 Å². The summed E-state index contributed by atoms with van der Waals surface area (Å²) in [6, 6.07) is 0. The Labute approximate surface area is 91.6 Å². The number of nitrogens with zero attached hydrogens (tertiary/aromatic N) is 2. The van der Waals surface area contributed by atoms with Crippen LogP contribution in [0.25, 0.3) is 0 Å². The summed E-state index contributed by atoms with van der Waals surface area (Å²) in [5.74, 6) is -0.158. The van der Waals surface area contributed by atoms with Gasteiger partial charge in [0.1, 0.15) is 0 Å². The highest BCUT2D eigenvalue weighted by Crippen LogP contribution is 2.26. The summed E-state index contributed by atoms with van der Waals surface area (Å²) in [7, 11) is 0. The lowest BCUT2D eigenvalue weighted by atomic mass is 9.89. The van der Waals surface area contributed by atoms with E-state index >= 15 is 0 Å². The molecule has 0 atom stereocenters. The minimum absolute atomic E-state index is 0.0314. The Bertz CT molecular complexity index is 347. The minimum Gasteiger partial charge on any atom is -0.396 e. The smallest absolute Gasteiger partial charge is 0.316 e. The van der Waals surface area contributed by atoms with E-state index in [1.807, 2.05) is 0 Å². The summed E-state index contributed by atoms with van der Waals surface area (Å²) in [4.78, 5) is 11.7. The fourth-order valence-electron chi connectivity index (χ4n) is 1.77. The zero-order valence-corrected chi connectivity index (χ0v) is 9.13. The fraction of sp³-hybridized carbons (Fsp3) is 0.667. The van der Waals surface area contributed by atoms with Gasteiger partial charge in [-0.2, -0.15) is 0 Å². The maximum absolute atomic E-state index is 11.7. The summed E-state index contributed by atoms with van der Waals surface area (Å²) in [5.41, 5.74) is 5.39. The molecule has 0 unspecified atom stereocenters. The second-order valence-corrected chi connectivity index (χ2v) is 4.63. The highest BCUT2D eigenvalue weighted by Gasteiger charge is 2.23. The van der Waals surface area contributed by atoms with E-state index < -0.39 is 0 Å². The van der Waals surface area contributed by atoms with Crippen LogP contribution in [0.3, 0.4) is 0 Å². The molecule has 1 aromatic rings. The normalized spacial score (nSPS) is 17.6. The number of hydrogen-bond acceptors (Lipinski definition) is 6. The van der Waals surface area contributed by atoms with Gasteiger partial charge in [-0.3, -0.25) is 4.79 Å². The first kappa shape index (κ1) is 10.4. The molecular formula is C9H13N3O2S. The Morgan fingerprint density at radius 2 is 2.07 bits per heavy atom. The fourth-order valence-corrected chi connectivity index (χ4v) is 2.24. The molecule has 82 valence electrons. The van der Waals surface area contributed by atoms with Crippen LogP contribution in [0.15, 0.2) is 0 Å². The zero-order chi connectivity index (χ0) is 10.7. The van der Waals surface area contributed by atoms with Gasteiger partial charge < -0.3 is 10.5 Å². The van der Waals surface area contributed by atoms with Crippen molar-refractivity contribution in [2.75, 3.05) is 5.73 Å². The van der Waals surface area contributed by atoms with Crippen LogP contribution >= 0.6 is 11.3 Å². The number of nitrogen functional groups attached to an aromatic ring is 1. The molecule has 0 bridgehead atoms. The van der Waals surface area contributed by atoms with Crippen molar-refractivity contribution in [3.05, 3.63) is 0 Å². The SMILES string of the molecule is Nc1nnc(OC(=O)C2CCCCC2)s1. The van der Waals surface area contributed by atoms with E-state index in [0.29, 0.717) is 5.13 Å². The topological polar surface area (TPSA) is 78.1 Å².